The second-order valence-electron chi connectivity index (χ2n) is 4.39. The quantitative estimate of drug-likeness (QED) is 0.930. The summed E-state index contributed by atoms with van der Waals surface area (Å²) in [6.45, 7) is 2.44. The van der Waals surface area contributed by atoms with Gasteiger partial charge in [-0.2, -0.15) is 11.8 Å². The van der Waals surface area contributed by atoms with Gasteiger partial charge in [0.1, 0.15) is 4.88 Å². The first-order valence-electron chi connectivity index (χ1n) is 5.84. The Morgan fingerprint density at radius 1 is 1.58 bits per heavy atom. The van der Waals surface area contributed by atoms with Gasteiger partial charge in [-0.05, 0) is 17.9 Å². The van der Waals surface area contributed by atoms with Gasteiger partial charge in [0.15, 0.2) is 0 Å². The molecule has 1 aromatic rings. The number of hydrogen-bond donors (Lipinski definition) is 1. The monoisotopic (exact) mass is 319 g/mol. The van der Waals surface area contributed by atoms with Gasteiger partial charge in [-0.15, -0.1) is 11.3 Å². The molecule has 1 atom stereocenters. The molecule has 0 bridgehead atoms. The van der Waals surface area contributed by atoms with Gasteiger partial charge in [-0.1, -0.05) is 11.6 Å². The van der Waals surface area contributed by atoms with Crippen LogP contribution in [0.4, 0.5) is 0 Å². The van der Waals surface area contributed by atoms with Crippen molar-refractivity contribution in [2.24, 2.45) is 0 Å². The molecule has 2 rings (SSSR count). The fourth-order valence-electron chi connectivity index (χ4n) is 2.00. The van der Waals surface area contributed by atoms with E-state index in [9.17, 15) is 9.59 Å². The largest absolute Gasteiger partial charge is 0.481 e. The summed E-state index contributed by atoms with van der Waals surface area (Å²) in [7, 11) is 0. The number of halogens is 1. The molecule has 0 saturated carbocycles. The molecule has 1 saturated heterocycles. The van der Waals surface area contributed by atoms with Crippen LogP contribution in [0.15, 0.2) is 5.38 Å². The molecule has 104 valence electrons. The molecule has 0 spiro atoms. The minimum atomic E-state index is -0.876. The normalized spacial score (nSPS) is 19.5. The van der Waals surface area contributed by atoms with E-state index in [4.69, 9.17) is 16.7 Å². The molecule has 1 aliphatic heterocycles. The van der Waals surface area contributed by atoms with Gasteiger partial charge in [0.25, 0.3) is 5.91 Å². The fraction of sp³-hybridized carbons (Fsp3) is 0.500. The molecule has 19 heavy (non-hydrogen) atoms. The van der Waals surface area contributed by atoms with E-state index < -0.39 is 5.97 Å². The number of amides is 1. The molecule has 1 unspecified atom stereocenters. The topological polar surface area (TPSA) is 57.6 Å². The number of thioether (sulfide) groups is 1. The molecule has 0 aliphatic carbocycles. The Bertz CT molecular complexity index is 503. The zero-order chi connectivity index (χ0) is 14.0. The van der Waals surface area contributed by atoms with Crippen LogP contribution in [0.2, 0.25) is 5.02 Å². The summed E-state index contributed by atoms with van der Waals surface area (Å²) in [5, 5.41) is 11.3. The highest BCUT2D eigenvalue weighted by Crippen LogP contribution is 2.30. The van der Waals surface area contributed by atoms with Gasteiger partial charge >= 0.3 is 5.97 Å². The van der Waals surface area contributed by atoms with Crippen LogP contribution in [-0.4, -0.2) is 46.0 Å². The van der Waals surface area contributed by atoms with Crippen LogP contribution in [0.3, 0.4) is 0 Å². The Morgan fingerprint density at radius 3 is 2.89 bits per heavy atom. The number of carboxylic acid groups (broad SMARTS) is 1. The second kappa shape index (κ2) is 6.15. The highest BCUT2D eigenvalue weighted by Gasteiger charge is 2.31. The van der Waals surface area contributed by atoms with Crippen molar-refractivity contribution in [1.29, 1.82) is 0 Å². The van der Waals surface area contributed by atoms with Crippen molar-refractivity contribution in [3.63, 3.8) is 0 Å². The summed E-state index contributed by atoms with van der Waals surface area (Å²) in [4.78, 5) is 25.5. The molecule has 0 aromatic carbocycles. The maximum absolute atomic E-state index is 12.5. The molecule has 1 amide bonds. The summed E-state index contributed by atoms with van der Waals surface area (Å²) in [5.41, 5.74) is 0.885. The number of rotatable bonds is 3. The summed E-state index contributed by atoms with van der Waals surface area (Å²) >= 11 is 9.12. The number of nitrogens with zero attached hydrogens (tertiary/aromatic N) is 1. The van der Waals surface area contributed by atoms with Gasteiger partial charge in [0.05, 0.1) is 17.5 Å². The van der Waals surface area contributed by atoms with Gasteiger partial charge in [0, 0.05) is 18.1 Å². The molecule has 4 nitrogen and oxygen atoms in total. The summed E-state index contributed by atoms with van der Waals surface area (Å²) in [5.74, 6) is 0.484. The van der Waals surface area contributed by atoms with E-state index in [0.29, 0.717) is 22.2 Å². The lowest BCUT2D eigenvalue weighted by molar-refractivity contribution is -0.138. The third kappa shape index (κ3) is 3.24. The zero-order valence-electron chi connectivity index (χ0n) is 10.4. The van der Waals surface area contributed by atoms with Crippen molar-refractivity contribution in [2.45, 2.75) is 19.4 Å². The van der Waals surface area contributed by atoms with Gasteiger partial charge in [-0.3, -0.25) is 9.59 Å². The van der Waals surface area contributed by atoms with Crippen LogP contribution < -0.4 is 0 Å². The van der Waals surface area contributed by atoms with Crippen molar-refractivity contribution < 1.29 is 14.7 Å². The molecule has 1 aromatic heterocycles. The number of carboxylic acids is 1. The highest BCUT2D eigenvalue weighted by molar-refractivity contribution is 7.99. The number of thiophene rings is 1. The molecular formula is C12H14ClNO3S2. The van der Waals surface area contributed by atoms with E-state index in [0.717, 1.165) is 11.3 Å². The summed E-state index contributed by atoms with van der Waals surface area (Å²) in [6.07, 6.45) is -0.0132. The standard InChI is InChI=1S/C12H14ClNO3S2/c1-7-5-19-11(10(7)13)12(17)14-2-3-18-6-8(14)4-9(15)16/h5,8H,2-4,6H2,1H3,(H,15,16). The first kappa shape index (κ1) is 14.7. The molecule has 1 aliphatic rings. The molecule has 2 heterocycles. The van der Waals surface area contributed by atoms with E-state index in [1.54, 1.807) is 16.7 Å². The lowest BCUT2D eigenvalue weighted by Crippen LogP contribution is -2.47. The molecule has 0 radical (unpaired) electrons. The van der Waals surface area contributed by atoms with Gasteiger partial charge < -0.3 is 10.0 Å². The smallest absolute Gasteiger partial charge is 0.305 e. The van der Waals surface area contributed by atoms with Crippen LogP contribution >= 0.6 is 34.7 Å². The first-order valence-corrected chi connectivity index (χ1v) is 8.26. The molecule has 1 fully saturated rings. The summed E-state index contributed by atoms with van der Waals surface area (Å²) < 4.78 is 0. The number of aryl methyl sites for hydroxylation is 1. The Balaban J connectivity index is 2.20. The maximum Gasteiger partial charge on any atom is 0.305 e. The average molecular weight is 320 g/mol. The lowest BCUT2D eigenvalue weighted by Gasteiger charge is -2.34. The molecule has 7 heteroatoms. The van der Waals surface area contributed by atoms with E-state index in [2.05, 4.69) is 0 Å². The Labute approximate surface area is 124 Å². The fourth-order valence-corrected chi connectivity index (χ4v) is 4.29. The van der Waals surface area contributed by atoms with Crippen LogP contribution in [0.1, 0.15) is 21.7 Å². The van der Waals surface area contributed by atoms with Crippen LogP contribution in [0, 0.1) is 6.92 Å². The Kier molecular flexibility index (Phi) is 4.76. The molecular weight excluding hydrogens is 306 g/mol. The Morgan fingerprint density at radius 2 is 2.32 bits per heavy atom. The minimum absolute atomic E-state index is 0.0132. The van der Waals surface area contributed by atoms with Crippen LogP contribution in [-0.2, 0) is 4.79 Å². The van der Waals surface area contributed by atoms with E-state index in [1.165, 1.54) is 11.3 Å². The first-order chi connectivity index (χ1) is 9.00. The number of carbonyl (C=O) groups excluding carboxylic acids is 1. The van der Waals surface area contributed by atoms with E-state index in [1.807, 2.05) is 12.3 Å². The van der Waals surface area contributed by atoms with Crippen molar-refractivity contribution in [3.05, 3.63) is 20.8 Å². The Hall–Kier alpha value is -0.720. The lowest BCUT2D eigenvalue weighted by atomic mass is 10.2. The molecule has 1 N–H and O–H groups in total. The van der Waals surface area contributed by atoms with Crippen molar-refractivity contribution in [3.8, 4) is 0 Å². The third-order valence-corrected chi connectivity index (χ3v) is 5.77. The number of hydrogen-bond acceptors (Lipinski definition) is 4. The SMILES string of the molecule is Cc1csc(C(=O)N2CCSCC2CC(=O)O)c1Cl. The summed E-state index contributed by atoms with van der Waals surface area (Å²) in [6, 6.07) is -0.248. The number of aliphatic carboxylic acids is 1. The minimum Gasteiger partial charge on any atom is -0.481 e. The zero-order valence-corrected chi connectivity index (χ0v) is 12.8. The van der Waals surface area contributed by atoms with E-state index in [-0.39, 0.29) is 18.4 Å². The van der Waals surface area contributed by atoms with Gasteiger partial charge in [-0.25, -0.2) is 0 Å². The van der Waals surface area contributed by atoms with Crippen molar-refractivity contribution in [2.75, 3.05) is 18.1 Å². The third-order valence-electron chi connectivity index (χ3n) is 2.99. The van der Waals surface area contributed by atoms with Gasteiger partial charge in [0.2, 0.25) is 0 Å². The average Bonchev–Trinajstić information content (AvgIpc) is 2.69. The number of carbonyl (C=O) groups is 2. The highest BCUT2D eigenvalue weighted by atomic mass is 35.5. The predicted octanol–water partition coefficient (Wildman–Crippen LogP) is 2.74. The van der Waals surface area contributed by atoms with Crippen molar-refractivity contribution >= 4 is 46.6 Å². The predicted molar refractivity (Wildman–Crippen MR) is 78.5 cm³/mol. The van der Waals surface area contributed by atoms with Crippen molar-refractivity contribution in [1.82, 2.24) is 4.90 Å². The second-order valence-corrected chi connectivity index (χ2v) is 6.79. The van der Waals surface area contributed by atoms with Crippen LogP contribution in [0.5, 0.6) is 0 Å². The van der Waals surface area contributed by atoms with Crippen LogP contribution in [0.25, 0.3) is 0 Å². The maximum atomic E-state index is 12.5. The van der Waals surface area contributed by atoms with E-state index >= 15 is 0 Å².